The molecule has 1 aliphatic carbocycles. The molecule has 5 rings (SSSR count). The second-order valence-corrected chi connectivity index (χ2v) is 7.95. The number of fused-ring (bicyclic) bond motifs is 1. The van der Waals surface area contributed by atoms with Gasteiger partial charge in [-0.2, -0.15) is 5.10 Å². The van der Waals surface area contributed by atoms with Crippen molar-refractivity contribution in [1.29, 1.82) is 0 Å². The third-order valence-electron chi connectivity index (χ3n) is 4.98. The number of nitrogens with zero attached hydrogens (tertiary/aromatic N) is 3. The molecular formula is C22H19BrN4O. The molecule has 0 spiro atoms. The molecule has 1 fully saturated rings. The zero-order valence-electron chi connectivity index (χ0n) is 15.4. The minimum Gasteiger partial charge on any atom is -0.497 e. The minimum absolute atomic E-state index is 0.568. The summed E-state index contributed by atoms with van der Waals surface area (Å²) in [6.45, 7) is 0. The molecule has 28 heavy (non-hydrogen) atoms. The van der Waals surface area contributed by atoms with Crippen molar-refractivity contribution in [2.45, 2.75) is 18.9 Å². The zero-order chi connectivity index (χ0) is 19.1. The Kier molecular flexibility index (Phi) is 4.28. The quantitative estimate of drug-likeness (QED) is 0.421. The van der Waals surface area contributed by atoms with Gasteiger partial charge in [0.1, 0.15) is 5.75 Å². The van der Waals surface area contributed by atoms with Gasteiger partial charge in [0.15, 0.2) is 0 Å². The number of benzene rings is 2. The van der Waals surface area contributed by atoms with Gasteiger partial charge in [-0.15, -0.1) is 0 Å². The highest BCUT2D eigenvalue weighted by Gasteiger charge is 2.24. The Bertz CT molecular complexity index is 1170. The first kappa shape index (κ1) is 17.3. The van der Waals surface area contributed by atoms with E-state index in [1.54, 1.807) is 7.11 Å². The van der Waals surface area contributed by atoms with E-state index >= 15 is 0 Å². The fourth-order valence-electron chi connectivity index (χ4n) is 3.36. The van der Waals surface area contributed by atoms with E-state index in [2.05, 4.69) is 54.3 Å². The van der Waals surface area contributed by atoms with Gasteiger partial charge in [-0.05, 0) is 54.8 Å². The van der Waals surface area contributed by atoms with Crippen molar-refractivity contribution in [2.75, 3.05) is 12.4 Å². The summed E-state index contributed by atoms with van der Waals surface area (Å²) in [5.41, 5.74) is 5.08. The summed E-state index contributed by atoms with van der Waals surface area (Å²) in [5.74, 6) is 0.804. The van der Waals surface area contributed by atoms with Gasteiger partial charge in [0, 0.05) is 45.3 Å². The average Bonchev–Trinajstić information content (AvgIpc) is 3.44. The lowest BCUT2D eigenvalue weighted by Gasteiger charge is -2.13. The van der Waals surface area contributed by atoms with E-state index in [4.69, 9.17) is 4.74 Å². The maximum Gasteiger partial charge on any atom is 0.121 e. The highest BCUT2D eigenvalue weighted by molar-refractivity contribution is 9.10. The molecule has 2 aromatic heterocycles. The van der Waals surface area contributed by atoms with Crippen LogP contribution in [0.5, 0.6) is 5.75 Å². The van der Waals surface area contributed by atoms with Gasteiger partial charge >= 0.3 is 0 Å². The second kappa shape index (κ2) is 6.95. The summed E-state index contributed by atoms with van der Waals surface area (Å²) >= 11 is 3.55. The van der Waals surface area contributed by atoms with Gasteiger partial charge in [-0.25, -0.2) is 0 Å². The molecule has 0 bridgehead atoms. The smallest absolute Gasteiger partial charge is 0.121 e. The molecule has 1 N–H and O–H groups in total. The fourth-order valence-corrected chi connectivity index (χ4v) is 3.73. The summed E-state index contributed by atoms with van der Waals surface area (Å²) in [5, 5.41) is 9.11. The van der Waals surface area contributed by atoms with Gasteiger partial charge in [-0.1, -0.05) is 15.9 Å². The lowest BCUT2D eigenvalue weighted by molar-refractivity contribution is 0.415. The van der Waals surface area contributed by atoms with Gasteiger partial charge in [0.25, 0.3) is 0 Å². The maximum absolute atomic E-state index is 5.54. The van der Waals surface area contributed by atoms with Crippen molar-refractivity contribution in [3.8, 4) is 16.9 Å². The number of hydrogen-bond acceptors (Lipinski definition) is 4. The summed E-state index contributed by atoms with van der Waals surface area (Å²) in [7, 11) is 1.69. The number of methoxy groups -OCH3 is 1. The monoisotopic (exact) mass is 434 g/mol. The highest BCUT2D eigenvalue weighted by Crippen LogP contribution is 2.37. The summed E-state index contributed by atoms with van der Waals surface area (Å²) in [6, 6.07) is 14.8. The van der Waals surface area contributed by atoms with Crippen molar-refractivity contribution in [3.05, 3.63) is 65.5 Å². The van der Waals surface area contributed by atoms with Crippen LogP contribution in [0.2, 0.25) is 0 Å². The van der Waals surface area contributed by atoms with Crippen molar-refractivity contribution in [2.24, 2.45) is 0 Å². The standard InChI is InChI=1S/C22H19BrN4O/c1-28-19-9-14(15-12-25-27(13-15)18-3-4-18)8-17(11-19)26-22-6-7-24-21-5-2-16(23)10-20(21)22/h2,5-13,18H,3-4H2,1H3,(H,24,26). The van der Waals surface area contributed by atoms with Crippen molar-refractivity contribution >= 4 is 38.2 Å². The number of pyridine rings is 1. The third kappa shape index (κ3) is 3.36. The SMILES string of the molecule is COc1cc(Nc2ccnc3ccc(Br)cc23)cc(-c2cnn(C3CC3)c2)c1. The van der Waals surface area contributed by atoms with Crippen LogP contribution in [-0.4, -0.2) is 21.9 Å². The normalized spacial score (nSPS) is 13.6. The lowest BCUT2D eigenvalue weighted by atomic mass is 10.1. The number of anilines is 2. The van der Waals surface area contributed by atoms with Gasteiger partial charge in [0.05, 0.1) is 24.9 Å². The number of rotatable bonds is 5. The summed E-state index contributed by atoms with van der Waals surface area (Å²) < 4.78 is 8.63. The van der Waals surface area contributed by atoms with Gasteiger partial charge < -0.3 is 10.1 Å². The number of ether oxygens (including phenoxy) is 1. The molecule has 0 atom stereocenters. The van der Waals surface area contributed by atoms with Crippen LogP contribution < -0.4 is 10.1 Å². The van der Waals surface area contributed by atoms with Crippen molar-refractivity contribution < 1.29 is 4.74 Å². The molecule has 6 heteroatoms. The van der Waals surface area contributed by atoms with E-state index < -0.39 is 0 Å². The highest BCUT2D eigenvalue weighted by atomic mass is 79.9. The molecule has 0 unspecified atom stereocenters. The van der Waals surface area contributed by atoms with E-state index in [0.29, 0.717) is 6.04 Å². The molecule has 4 aromatic rings. The first-order chi connectivity index (χ1) is 13.7. The minimum atomic E-state index is 0.568. The largest absolute Gasteiger partial charge is 0.497 e. The van der Waals surface area contributed by atoms with E-state index in [9.17, 15) is 0 Å². The Labute approximate surface area is 171 Å². The number of halogens is 1. The third-order valence-corrected chi connectivity index (χ3v) is 5.47. The molecule has 0 aliphatic heterocycles. The molecule has 140 valence electrons. The first-order valence-corrected chi connectivity index (χ1v) is 10.0. The predicted octanol–water partition coefficient (Wildman–Crippen LogP) is 5.95. The molecule has 2 heterocycles. The van der Waals surface area contributed by atoms with E-state index in [-0.39, 0.29) is 0 Å². The maximum atomic E-state index is 5.54. The number of nitrogens with one attached hydrogen (secondary N) is 1. The number of hydrogen-bond donors (Lipinski definition) is 1. The van der Waals surface area contributed by atoms with Crippen LogP contribution in [0.25, 0.3) is 22.0 Å². The van der Waals surface area contributed by atoms with Crippen molar-refractivity contribution in [1.82, 2.24) is 14.8 Å². The zero-order valence-corrected chi connectivity index (χ0v) is 17.0. The Morgan fingerprint density at radius 3 is 2.82 bits per heavy atom. The Morgan fingerprint density at radius 1 is 1.11 bits per heavy atom. The average molecular weight is 435 g/mol. The first-order valence-electron chi connectivity index (χ1n) is 9.24. The molecule has 1 saturated carbocycles. The van der Waals surface area contributed by atoms with Crippen LogP contribution in [0.4, 0.5) is 11.4 Å². The molecule has 0 saturated heterocycles. The molecular weight excluding hydrogens is 416 g/mol. The Morgan fingerprint density at radius 2 is 2.00 bits per heavy atom. The molecule has 0 amide bonds. The van der Waals surface area contributed by atoms with Crippen LogP contribution in [0.15, 0.2) is 65.5 Å². The summed E-state index contributed by atoms with van der Waals surface area (Å²) in [6.07, 6.45) is 8.30. The van der Waals surface area contributed by atoms with Crippen LogP contribution in [0.3, 0.4) is 0 Å². The van der Waals surface area contributed by atoms with E-state index in [1.807, 2.05) is 42.7 Å². The fraction of sp³-hybridized carbons (Fsp3) is 0.182. The Hall–Kier alpha value is -2.86. The van der Waals surface area contributed by atoms with Gasteiger partial charge in [0.2, 0.25) is 0 Å². The van der Waals surface area contributed by atoms with Crippen LogP contribution >= 0.6 is 15.9 Å². The number of aromatic nitrogens is 3. The van der Waals surface area contributed by atoms with Crippen LogP contribution in [-0.2, 0) is 0 Å². The van der Waals surface area contributed by atoms with Crippen LogP contribution in [0, 0.1) is 0 Å². The molecule has 5 nitrogen and oxygen atoms in total. The van der Waals surface area contributed by atoms with Gasteiger partial charge in [-0.3, -0.25) is 9.67 Å². The molecule has 0 radical (unpaired) electrons. The van der Waals surface area contributed by atoms with Crippen LogP contribution in [0.1, 0.15) is 18.9 Å². The predicted molar refractivity (Wildman–Crippen MR) is 115 cm³/mol. The summed E-state index contributed by atoms with van der Waals surface area (Å²) in [4.78, 5) is 4.45. The Balaban J connectivity index is 1.54. The van der Waals surface area contributed by atoms with Crippen molar-refractivity contribution in [3.63, 3.8) is 0 Å². The second-order valence-electron chi connectivity index (χ2n) is 7.04. The molecule has 1 aliphatic rings. The lowest BCUT2D eigenvalue weighted by Crippen LogP contribution is -1.95. The van der Waals surface area contributed by atoms with E-state index in [1.165, 1.54) is 12.8 Å². The topological polar surface area (TPSA) is 52.0 Å². The molecule has 2 aromatic carbocycles. The van der Waals surface area contributed by atoms with E-state index in [0.717, 1.165) is 43.6 Å².